The molecule has 4 nitrogen and oxygen atoms in total. The Kier molecular flexibility index (Phi) is 3.16. The largest absolute Gasteiger partial charge is 0.440 e. The molecule has 1 aromatic carbocycles. The molecule has 0 saturated carbocycles. The van der Waals surface area contributed by atoms with Crippen LogP contribution in [-0.4, -0.2) is 9.97 Å². The molecule has 2 heterocycles. The summed E-state index contributed by atoms with van der Waals surface area (Å²) in [7, 11) is 0. The van der Waals surface area contributed by atoms with E-state index in [9.17, 15) is 4.39 Å². The van der Waals surface area contributed by atoms with E-state index in [1.165, 1.54) is 12.1 Å². The average molecular weight is 305 g/mol. The van der Waals surface area contributed by atoms with Crippen molar-refractivity contribution in [2.45, 2.75) is 18.8 Å². The summed E-state index contributed by atoms with van der Waals surface area (Å²) in [6, 6.07) is 12.0. The van der Waals surface area contributed by atoms with Crippen LogP contribution in [0, 0.1) is 17.1 Å². The lowest BCUT2D eigenvalue weighted by Crippen LogP contribution is -2.00. The summed E-state index contributed by atoms with van der Waals surface area (Å²) in [5, 5.41) is 8.97. The Morgan fingerprint density at radius 2 is 2.13 bits per heavy atom. The number of aromatic nitrogens is 2. The Labute approximate surface area is 132 Å². The molecular weight excluding hydrogens is 293 g/mol. The lowest BCUT2D eigenvalue weighted by molar-refractivity contribution is 0.509. The van der Waals surface area contributed by atoms with Gasteiger partial charge in [0, 0.05) is 19.0 Å². The zero-order chi connectivity index (χ0) is 15.8. The van der Waals surface area contributed by atoms with Gasteiger partial charge in [-0.25, -0.2) is 9.37 Å². The van der Waals surface area contributed by atoms with Gasteiger partial charge in [-0.1, -0.05) is 6.07 Å². The Balaban J connectivity index is 1.61. The zero-order valence-electron chi connectivity index (χ0n) is 12.2. The SMILES string of the molecule is N#Cc1cc(F)cc(C2Cc3nc(-c4ccccn4)oc3C2)c1. The highest BCUT2D eigenvalue weighted by molar-refractivity contribution is 5.48. The van der Waals surface area contributed by atoms with Crippen molar-refractivity contribution in [3.05, 3.63) is 71.0 Å². The van der Waals surface area contributed by atoms with E-state index in [2.05, 4.69) is 9.97 Å². The van der Waals surface area contributed by atoms with Crippen LogP contribution in [0.5, 0.6) is 0 Å². The van der Waals surface area contributed by atoms with E-state index in [4.69, 9.17) is 9.68 Å². The van der Waals surface area contributed by atoms with E-state index in [1.54, 1.807) is 12.3 Å². The van der Waals surface area contributed by atoms with Gasteiger partial charge in [0.1, 0.15) is 17.3 Å². The van der Waals surface area contributed by atoms with Gasteiger partial charge in [0.05, 0.1) is 17.3 Å². The van der Waals surface area contributed by atoms with Crippen molar-refractivity contribution in [2.75, 3.05) is 0 Å². The summed E-state index contributed by atoms with van der Waals surface area (Å²) in [5.74, 6) is 1.05. The first-order valence-corrected chi connectivity index (χ1v) is 7.33. The molecule has 0 saturated heterocycles. The summed E-state index contributed by atoms with van der Waals surface area (Å²) < 4.78 is 19.4. The van der Waals surface area contributed by atoms with Crippen LogP contribution in [0.3, 0.4) is 0 Å². The van der Waals surface area contributed by atoms with Crippen LogP contribution in [0.15, 0.2) is 47.0 Å². The quantitative estimate of drug-likeness (QED) is 0.725. The molecule has 2 aromatic heterocycles. The number of fused-ring (bicyclic) bond motifs is 1. The summed E-state index contributed by atoms with van der Waals surface area (Å²) in [6.45, 7) is 0. The molecule has 1 aliphatic carbocycles. The van der Waals surface area contributed by atoms with Crippen molar-refractivity contribution >= 4 is 0 Å². The molecule has 1 unspecified atom stereocenters. The predicted molar refractivity (Wildman–Crippen MR) is 81.0 cm³/mol. The minimum atomic E-state index is -0.385. The van der Waals surface area contributed by atoms with E-state index >= 15 is 0 Å². The first kappa shape index (κ1) is 13.6. The number of hydrogen-bond acceptors (Lipinski definition) is 4. The fourth-order valence-electron chi connectivity index (χ4n) is 2.98. The molecule has 0 spiro atoms. The third kappa shape index (κ3) is 2.49. The lowest BCUT2D eigenvalue weighted by Gasteiger charge is -2.10. The number of nitrogens with zero attached hydrogens (tertiary/aromatic N) is 3. The fraction of sp³-hybridized carbons (Fsp3) is 0.167. The van der Waals surface area contributed by atoms with Gasteiger partial charge in [-0.3, -0.25) is 4.98 Å². The number of oxazole rings is 1. The van der Waals surface area contributed by atoms with E-state index in [-0.39, 0.29) is 11.7 Å². The first-order chi connectivity index (χ1) is 11.2. The summed E-state index contributed by atoms with van der Waals surface area (Å²) in [6.07, 6.45) is 3.03. The van der Waals surface area contributed by atoms with Gasteiger partial charge in [0.25, 0.3) is 0 Å². The summed E-state index contributed by atoms with van der Waals surface area (Å²) in [5.41, 5.74) is 2.74. The fourth-order valence-corrected chi connectivity index (χ4v) is 2.98. The van der Waals surface area contributed by atoms with Crippen LogP contribution in [0.4, 0.5) is 4.39 Å². The molecule has 0 aliphatic heterocycles. The first-order valence-electron chi connectivity index (χ1n) is 7.33. The van der Waals surface area contributed by atoms with Crippen molar-refractivity contribution < 1.29 is 8.81 Å². The number of rotatable bonds is 2. The van der Waals surface area contributed by atoms with Gasteiger partial charge in [-0.2, -0.15) is 5.26 Å². The molecule has 0 bridgehead atoms. The maximum absolute atomic E-state index is 13.6. The van der Waals surface area contributed by atoms with E-state index in [1.807, 2.05) is 24.3 Å². The standard InChI is InChI=1S/C18H12FN3O/c19-14-6-11(10-20)5-12(7-14)13-8-16-17(9-13)23-18(22-16)15-3-1-2-4-21-15/h1-7,13H,8-9H2. The molecule has 4 rings (SSSR count). The number of nitriles is 1. The molecule has 0 fully saturated rings. The Morgan fingerprint density at radius 1 is 1.22 bits per heavy atom. The van der Waals surface area contributed by atoms with Crippen molar-refractivity contribution in [3.63, 3.8) is 0 Å². The molecule has 0 radical (unpaired) electrons. The van der Waals surface area contributed by atoms with Crippen molar-refractivity contribution in [1.29, 1.82) is 5.26 Å². The van der Waals surface area contributed by atoms with Gasteiger partial charge in [0.15, 0.2) is 0 Å². The normalized spacial score (nSPS) is 16.1. The minimum absolute atomic E-state index is 0.0943. The van der Waals surface area contributed by atoms with Crippen LogP contribution in [0.2, 0.25) is 0 Å². The van der Waals surface area contributed by atoms with Crippen molar-refractivity contribution in [2.24, 2.45) is 0 Å². The van der Waals surface area contributed by atoms with Gasteiger partial charge in [-0.15, -0.1) is 0 Å². The molecule has 23 heavy (non-hydrogen) atoms. The highest BCUT2D eigenvalue weighted by Crippen LogP contribution is 2.36. The van der Waals surface area contributed by atoms with Gasteiger partial charge in [0.2, 0.25) is 5.89 Å². The predicted octanol–water partition coefficient (Wildman–Crippen LogP) is 3.63. The van der Waals surface area contributed by atoms with Gasteiger partial charge >= 0.3 is 0 Å². The van der Waals surface area contributed by atoms with Crippen LogP contribution >= 0.6 is 0 Å². The second-order valence-corrected chi connectivity index (χ2v) is 5.59. The number of hydrogen-bond donors (Lipinski definition) is 0. The summed E-state index contributed by atoms with van der Waals surface area (Å²) >= 11 is 0. The third-order valence-electron chi connectivity index (χ3n) is 4.05. The van der Waals surface area contributed by atoms with Crippen LogP contribution in [0.25, 0.3) is 11.6 Å². The second-order valence-electron chi connectivity index (χ2n) is 5.59. The molecule has 5 heteroatoms. The topological polar surface area (TPSA) is 62.7 Å². The Bertz CT molecular complexity index is 888. The molecule has 0 amide bonds. The molecule has 1 aliphatic rings. The van der Waals surface area contributed by atoms with E-state index in [0.29, 0.717) is 30.0 Å². The molecule has 3 aromatic rings. The zero-order valence-corrected chi connectivity index (χ0v) is 12.2. The van der Waals surface area contributed by atoms with E-state index in [0.717, 1.165) is 17.0 Å². The lowest BCUT2D eigenvalue weighted by atomic mass is 9.95. The van der Waals surface area contributed by atoms with Gasteiger partial charge < -0.3 is 4.42 Å². The molecule has 0 N–H and O–H groups in total. The third-order valence-corrected chi connectivity index (χ3v) is 4.05. The number of halogens is 1. The average Bonchev–Trinajstić information content (AvgIpc) is 3.14. The van der Waals surface area contributed by atoms with E-state index < -0.39 is 0 Å². The highest BCUT2D eigenvalue weighted by Gasteiger charge is 2.29. The molecular formula is C18H12FN3O. The smallest absolute Gasteiger partial charge is 0.245 e. The summed E-state index contributed by atoms with van der Waals surface area (Å²) in [4.78, 5) is 8.75. The van der Waals surface area contributed by atoms with Crippen LogP contribution < -0.4 is 0 Å². The second kappa shape index (κ2) is 5.33. The van der Waals surface area contributed by atoms with Crippen molar-refractivity contribution in [1.82, 2.24) is 9.97 Å². The number of benzene rings is 1. The molecule has 1 atom stereocenters. The highest BCUT2D eigenvalue weighted by atomic mass is 19.1. The van der Waals surface area contributed by atoms with Gasteiger partial charge in [-0.05, 0) is 41.8 Å². The maximum Gasteiger partial charge on any atom is 0.245 e. The Hall–Kier alpha value is -3.00. The Morgan fingerprint density at radius 3 is 2.87 bits per heavy atom. The maximum atomic E-state index is 13.6. The molecule has 112 valence electrons. The van der Waals surface area contributed by atoms with Crippen LogP contribution in [0.1, 0.15) is 28.5 Å². The minimum Gasteiger partial charge on any atom is -0.440 e. The van der Waals surface area contributed by atoms with Crippen molar-refractivity contribution in [3.8, 4) is 17.7 Å². The van der Waals surface area contributed by atoms with Crippen LogP contribution in [-0.2, 0) is 12.8 Å². The number of pyridine rings is 1. The monoisotopic (exact) mass is 305 g/mol.